The monoisotopic (exact) mass is 214 g/mol. The van der Waals surface area contributed by atoms with Gasteiger partial charge in [-0.2, -0.15) is 0 Å². The van der Waals surface area contributed by atoms with Crippen molar-refractivity contribution in [3.8, 4) is 0 Å². The number of hydrogen-bond donors (Lipinski definition) is 0. The largest absolute Gasteiger partial charge is 0.0985 e. The molecule has 0 saturated heterocycles. The molecule has 0 aromatic heterocycles. The summed E-state index contributed by atoms with van der Waals surface area (Å²) in [7, 11) is 0. The van der Waals surface area contributed by atoms with Crippen LogP contribution in [-0.2, 0) is 0 Å². The van der Waals surface area contributed by atoms with Crippen molar-refractivity contribution >= 4 is 11.6 Å². The number of allylic oxidation sites excluding steroid dienone is 2. The van der Waals surface area contributed by atoms with Crippen LogP contribution < -0.4 is 0 Å². The lowest BCUT2D eigenvalue weighted by atomic mass is 9.94. The Bertz CT molecular complexity index is 420. The molecule has 1 aromatic carbocycles. The number of aryl methyl sites for hydroxylation is 2. The van der Waals surface area contributed by atoms with Crippen molar-refractivity contribution in [1.82, 2.24) is 0 Å². The van der Waals surface area contributed by atoms with E-state index in [4.69, 9.17) is 0 Å². The molecule has 86 valence electrons. The van der Waals surface area contributed by atoms with Crippen molar-refractivity contribution in [3.63, 3.8) is 0 Å². The molecule has 1 aromatic rings. The van der Waals surface area contributed by atoms with Crippen LogP contribution in [0.4, 0.5) is 0 Å². The van der Waals surface area contributed by atoms with Gasteiger partial charge in [0.05, 0.1) is 0 Å². The van der Waals surface area contributed by atoms with Gasteiger partial charge in [0.1, 0.15) is 0 Å². The Morgan fingerprint density at radius 2 is 1.81 bits per heavy atom. The lowest BCUT2D eigenvalue weighted by Crippen LogP contribution is -1.92. The molecular formula is C16H22. The fourth-order valence-electron chi connectivity index (χ4n) is 2.10. The summed E-state index contributed by atoms with van der Waals surface area (Å²) in [6.07, 6.45) is 4.24. The maximum Gasteiger partial charge on any atom is -0.0195 e. The minimum Gasteiger partial charge on any atom is -0.0985 e. The summed E-state index contributed by atoms with van der Waals surface area (Å²) in [6, 6.07) is 4.48. The standard InChI is InChI=1S/C16H22/c1-7-15-10-16(13(5)8-11(2)3)14(6)9-12(15)4/h7-11H,1H2,2-6H3/b13-8+. The first-order chi connectivity index (χ1) is 7.45. The molecule has 0 aliphatic carbocycles. The van der Waals surface area contributed by atoms with Crippen molar-refractivity contribution in [2.24, 2.45) is 5.92 Å². The summed E-state index contributed by atoms with van der Waals surface area (Å²) >= 11 is 0. The molecule has 16 heavy (non-hydrogen) atoms. The third kappa shape index (κ3) is 2.85. The number of rotatable bonds is 3. The van der Waals surface area contributed by atoms with Gasteiger partial charge in [0.25, 0.3) is 0 Å². The Morgan fingerprint density at radius 3 is 2.31 bits per heavy atom. The van der Waals surface area contributed by atoms with Gasteiger partial charge in [-0.3, -0.25) is 0 Å². The molecule has 0 aliphatic rings. The van der Waals surface area contributed by atoms with E-state index in [0.29, 0.717) is 5.92 Å². The third-order valence-electron chi connectivity index (χ3n) is 2.84. The highest BCUT2D eigenvalue weighted by atomic mass is 14.1. The predicted molar refractivity (Wildman–Crippen MR) is 74.5 cm³/mol. The zero-order chi connectivity index (χ0) is 12.3. The summed E-state index contributed by atoms with van der Waals surface area (Å²) in [4.78, 5) is 0. The summed E-state index contributed by atoms with van der Waals surface area (Å²) in [5, 5.41) is 0. The average Bonchev–Trinajstić information content (AvgIpc) is 2.16. The van der Waals surface area contributed by atoms with E-state index in [9.17, 15) is 0 Å². The molecule has 0 N–H and O–H groups in total. The molecule has 0 nitrogen and oxygen atoms in total. The van der Waals surface area contributed by atoms with Crippen LogP contribution in [0, 0.1) is 19.8 Å². The van der Waals surface area contributed by atoms with Gasteiger partial charge in [0, 0.05) is 0 Å². The summed E-state index contributed by atoms with van der Waals surface area (Å²) in [5.74, 6) is 0.591. The Morgan fingerprint density at radius 1 is 1.19 bits per heavy atom. The van der Waals surface area contributed by atoms with E-state index in [-0.39, 0.29) is 0 Å². The molecule has 1 rings (SSSR count). The minimum absolute atomic E-state index is 0.591. The minimum atomic E-state index is 0.591. The Labute approximate surface area is 99.7 Å². The molecule has 0 saturated carbocycles. The Balaban J connectivity index is 3.29. The molecule has 0 spiro atoms. The predicted octanol–water partition coefficient (Wildman–Crippen LogP) is 5.01. The lowest BCUT2D eigenvalue weighted by molar-refractivity contribution is 0.833. The van der Waals surface area contributed by atoms with Gasteiger partial charge in [-0.15, -0.1) is 0 Å². The fourth-order valence-corrected chi connectivity index (χ4v) is 2.10. The lowest BCUT2D eigenvalue weighted by Gasteiger charge is -2.11. The highest BCUT2D eigenvalue weighted by Crippen LogP contribution is 2.24. The van der Waals surface area contributed by atoms with E-state index in [1.54, 1.807) is 0 Å². The second-order valence-corrected chi connectivity index (χ2v) is 4.82. The van der Waals surface area contributed by atoms with Crippen molar-refractivity contribution in [2.45, 2.75) is 34.6 Å². The maximum atomic E-state index is 3.86. The smallest absolute Gasteiger partial charge is 0.0195 e. The highest BCUT2D eigenvalue weighted by Gasteiger charge is 2.04. The SMILES string of the molecule is C=Cc1cc(/C(C)=C/C(C)C)c(C)cc1C. The summed E-state index contributed by atoms with van der Waals surface area (Å²) in [5.41, 5.74) is 6.58. The molecule has 0 heterocycles. The molecule has 0 unspecified atom stereocenters. The fraction of sp³-hybridized carbons (Fsp3) is 0.375. The Hall–Kier alpha value is -1.30. The van der Waals surface area contributed by atoms with Gasteiger partial charge in [0.15, 0.2) is 0 Å². The molecule has 0 fully saturated rings. The van der Waals surface area contributed by atoms with Crippen LogP contribution in [-0.4, -0.2) is 0 Å². The van der Waals surface area contributed by atoms with Crippen LogP contribution in [0.15, 0.2) is 24.8 Å². The van der Waals surface area contributed by atoms with Gasteiger partial charge in [-0.1, -0.05) is 38.6 Å². The molecule has 0 aliphatic heterocycles. The topological polar surface area (TPSA) is 0 Å². The van der Waals surface area contributed by atoms with Crippen LogP contribution in [0.1, 0.15) is 43.0 Å². The molecule has 0 radical (unpaired) electrons. The van der Waals surface area contributed by atoms with E-state index in [0.717, 1.165) is 0 Å². The normalized spacial score (nSPS) is 12.0. The Kier molecular flexibility index (Phi) is 4.12. The van der Waals surface area contributed by atoms with Gasteiger partial charge in [-0.25, -0.2) is 0 Å². The second-order valence-electron chi connectivity index (χ2n) is 4.82. The van der Waals surface area contributed by atoms with Gasteiger partial charge >= 0.3 is 0 Å². The molecule has 0 amide bonds. The van der Waals surface area contributed by atoms with Crippen LogP contribution in [0.25, 0.3) is 11.6 Å². The summed E-state index contributed by atoms with van der Waals surface area (Å²) in [6.45, 7) is 14.8. The van der Waals surface area contributed by atoms with E-state index in [1.165, 1.54) is 27.8 Å². The zero-order valence-corrected chi connectivity index (χ0v) is 11.1. The average molecular weight is 214 g/mol. The van der Waals surface area contributed by atoms with Crippen LogP contribution in [0.5, 0.6) is 0 Å². The number of hydrogen-bond acceptors (Lipinski definition) is 0. The van der Waals surface area contributed by atoms with Crippen LogP contribution in [0.3, 0.4) is 0 Å². The third-order valence-corrected chi connectivity index (χ3v) is 2.84. The van der Waals surface area contributed by atoms with Crippen molar-refractivity contribution in [3.05, 3.63) is 47.0 Å². The summed E-state index contributed by atoms with van der Waals surface area (Å²) < 4.78 is 0. The molecule has 0 bridgehead atoms. The first-order valence-electron chi connectivity index (χ1n) is 5.88. The second kappa shape index (κ2) is 5.16. The van der Waals surface area contributed by atoms with E-state index in [2.05, 4.69) is 59.4 Å². The number of benzene rings is 1. The molecular weight excluding hydrogens is 192 g/mol. The van der Waals surface area contributed by atoms with Crippen LogP contribution in [0.2, 0.25) is 0 Å². The van der Waals surface area contributed by atoms with Gasteiger partial charge < -0.3 is 0 Å². The van der Waals surface area contributed by atoms with Crippen molar-refractivity contribution in [2.75, 3.05) is 0 Å². The highest BCUT2D eigenvalue weighted by molar-refractivity contribution is 5.70. The molecule has 0 heteroatoms. The van der Waals surface area contributed by atoms with E-state index >= 15 is 0 Å². The van der Waals surface area contributed by atoms with Gasteiger partial charge in [-0.05, 0) is 60.6 Å². The maximum absolute atomic E-state index is 3.86. The van der Waals surface area contributed by atoms with Crippen LogP contribution >= 0.6 is 0 Å². The van der Waals surface area contributed by atoms with E-state index in [1.807, 2.05) is 6.08 Å². The first-order valence-corrected chi connectivity index (χ1v) is 5.88. The molecule has 0 atom stereocenters. The first kappa shape index (κ1) is 12.8. The quantitative estimate of drug-likeness (QED) is 0.663. The zero-order valence-electron chi connectivity index (χ0n) is 11.1. The van der Waals surface area contributed by atoms with Crippen molar-refractivity contribution in [1.29, 1.82) is 0 Å². The van der Waals surface area contributed by atoms with E-state index < -0.39 is 0 Å². The van der Waals surface area contributed by atoms with Gasteiger partial charge in [0.2, 0.25) is 0 Å². The van der Waals surface area contributed by atoms with Crippen molar-refractivity contribution < 1.29 is 0 Å².